The van der Waals surface area contributed by atoms with Gasteiger partial charge in [0.15, 0.2) is 0 Å². The van der Waals surface area contributed by atoms with Crippen LogP contribution in [0, 0.1) is 6.92 Å². The molecule has 0 radical (unpaired) electrons. The first-order valence-electron chi connectivity index (χ1n) is 6.08. The summed E-state index contributed by atoms with van der Waals surface area (Å²) in [6.45, 7) is 6.27. The molecular weight excluding hydrogens is 234 g/mol. The first-order valence-corrected chi connectivity index (χ1v) is 6.08. The summed E-state index contributed by atoms with van der Waals surface area (Å²) in [7, 11) is 0. The van der Waals surface area contributed by atoms with Crippen molar-refractivity contribution in [3.63, 3.8) is 0 Å². The molecule has 0 bridgehead atoms. The number of carbonyl (C=O) groups is 2. The van der Waals surface area contributed by atoms with Gasteiger partial charge >= 0.3 is 5.97 Å². The number of aryl methyl sites for hydroxylation is 1. The van der Waals surface area contributed by atoms with Gasteiger partial charge in [-0.15, -0.1) is 0 Å². The average molecular weight is 253 g/mol. The summed E-state index contributed by atoms with van der Waals surface area (Å²) in [4.78, 5) is 25.1. The number of ether oxygens (including phenoxy) is 1. The summed E-state index contributed by atoms with van der Waals surface area (Å²) < 4.78 is 9.96. The largest absolute Gasteiger partial charge is 0.469 e. The van der Waals surface area contributed by atoms with Gasteiger partial charge in [-0.3, -0.25) is 9.59 Å². The molecule has 0 N–H and O–H groups in total. The third kappa shape index (κ3) is 3.91. The maximum absolute atomic E-state index is 12.1. The van der Waals surface area contributed by atoms with Gasteiger partial charge in [-0.05, 0) is 26.3 Å². The van der Waals surface area contributed by atoms with Gasteiger partial charge in [0.1, 0.15) is 18.6 Å². The molecular formula is C13H19NO4. The lowest BCUT2D eigenvalue weighted by Crippen LogP contribution is -2.36. The summed E-state index contributed by atoms with van der Waals surface area (Å²) in [5.41, 5.74) is 0.463. The molecule has 5 heteroatoms. The molecule has 0 saturated carbocycles. The summed E-state index contributed by atoms with van der Waals surface area (Å²) >= 11 is 0. The van der Waals surface area contributed by atoms with Crippen LogP contribution in [0.2, 0.25) is 0 Å². The Bertz CT molecular complexity index is 411. The molecule has 1 aromatic rings. The first-order chi connectivity index (χ1) is 8.58. The zero-order valence-corrected chi connectivity index (χ0v) is 11.1. The highest BCUT2D eigenvalue weighted by molar-refractivity contribution is 5.95. The summed E-state index contributed by atoms with van der Waals surface area (Å²) in [6.07, 6.45) is 2.19. The summed E-state index contributed by atoms with van der Waals surface area (Å²) in [5.74, 6) is 0.0761. The van der Waals surface area contributed by atoms with Crippen molar-refractivity contribution in [3.8, 4) is 0 Å². The van der Waals surface area contributed by atoms with Crippen molar-refractivity contribution in [3.05, 3.63) is 23.7 Å². The molecule has 5 nitrogen and oxygen atoms in total. The van der Waals surface area contributed by atoms with Crippen molar-refractivity contribution in [1.29, 1.82) is 0 Å². The van der Waals surface area contributed by atoms with Crippen LogP contribution in [0.25, 0.3) is 0 Å². The van der Waals surface area contributed by atoms with Gasteiger partial charge in [0.05, 0.1) is 12.2 Å². The quantitative estimate of drug-likeness (QED) is 0.727. The van der Waals surface area contributed by atoms with E-state index < -0.39 is 0 Å². The highest BCUT2D eigenvalue weighted by Crippen LogP contribution is 2.10. The van der Waals surface area contributed by atoms with Crippen LogP contribution in [0.5, 0.6) is 0 Å². The van der Waals surface area contributed by atoms with Crippen LogP contribution in [0.15, 0.2) is 16.7 Å². The van der Waals surface area contributed by atoms with Gasteiger partial charge in [0.2, 0.25) is 0 Å². The number of amides is 1. The molecule has 1 aromatic heterocycles. The second-order valence-electron chi connectivity index (χ2n) is 3.98. The summed E-state index contributed by atoms with van der Waals surface area (Å²) in [6, 6.07) is 1.66. The van der Waals surface area contributed by atoms with Crippen molar-refractivity contribution in [2.45, 2.75) is 27.2 Å². The van der Waals surface area contributed by atoms with E-state index in [9.17, 15) is 9.59 Å². The predicted molar refractivity (Wildman–Crippen MR) is 66.3 cm³/mol. The Kier molecular flexibility index (Phi) is 5.42. The molecule has 0 aromatic carbocycles. The normalized spacial score (nSPS) is 10.2. The van der Waals surface area contributed by atoms with Crippen molar-refractivity contribution < 1.29 is 18.7 Å². The zero-order valence-electron chi connectivity index (χ0n) is 11.1. The Morgan fingerprint density at radius 3 is 2.61 bits per heavy atom. The fourth-order valence-corrected chi connectivity index (χ4v) is 1.62. The number of rotatable bonds is 6. The van der Waals surface area contributed by atoms with Gasteiger partial charge in [-0.25, -0.2) is 0 Å². The number of furan rings is 1. The minimum Gasteiger partial charge on any atom is -0.469 e. The third-order valence-electron chi connectivity index (χ3n) is 2.38. The Labute approximate surface area is 107 Å². The van der Waals surface area contributed by atoms with Crippen molar-refractivity contribution >= 4 is 11.9 Å². The van der Waals surface area contributed by atoms with Crippen LogP contribution in [0.3, 0.4) is 0 Å². The highest BCUT2D eigenvalue weighted by Gasteiger charge is 2.20. The smallest absolute Gasteiger partial charge is 0.325 e. The monoisotopic (exact) mass is 253 g/mol. The lowest BCUT2D eigenvalue weighted by atomic mass is 10.2. The van der Waals surface area contributed by atoms with Gasteiger partial charge in [-0.1, -0.05) is 6.92 Å². The number of esters is 1. The van der Waals surface area contributed by atoms with E-state index in [1.807, 2.05) is 6.92 Å². The fourth-order valence-electron chi connectivity index (χ4n) is 1.62. The van der Waals surface area contributed by atoms with Crippen LogP contribution >= 0.6 is 0 Å². The van der Waals surface area contributed by atoms with E-state index in [0.29, 0.717) is 24.5 Å². The van der Waals surface area contributed by atoms with E-state index >= 15 is 0 Å². The fraction of sp³-hybridized carbons (Fsp3) is 0.538. The number of hydrogen-bond acceptors (Lipinski definition) is 4. The lowest BCUT2D eigenvalue weighted by molar-refractivity contribution is -0.143. The Morgan fingerprint density at radius 2 is 2.11 bits per heavy atom. The maximum atomic E-state index is 12.1. The second-order valence-corrected chi connectivity index (χ2v) is 3.98. The van der Waals surface area contributed by atoms with Gasteiger partial charge in [0, 0.05) is 6.54 Å². The molecule has 1 amide bonds. The van der Waals surface area contributed by atoms with Crippen molar-refractivity contribution in [1.82, 2.24) is 4.90 Å². The van der Waals surface area contributed by atoms with E-state index in [-0.39, 0.29) is 18.4 Å². The number of hydrogen-bond donors (Lipinski definition) is 0. The SMILES string of the molecule is CCCN(CC(=O)OCC)C(=O)c1coc(C)c1. The van der Waals surface area contributed by atoms with Gasteiger partial charge in [0.25, 0.3) is 5.91 Å². The molecule has 18 heavy (non-hydrogen) atoms. The van der Waals surface area contributed by atoms with Crippen LogP contribution in [0.1, 0.15) is 36.4 Å². The molecule has 0 aliphatic carbocycles. The zero-order chi connectivity index (χ0) is 13.5. The van der Waals surface area contributed by atoms with E-state index in [1.165, 1.54) is 11.2 Å². The number of carbonyl (C=O) groups excluding carboxylic acids is 2. The first kappa shape index (κ1) is 14.3. The lowest BCUT2D eigenvalue weighted by Gasteiger charge is -2.20. The van der Waals surface area contributed by atoms with Gasteiger partial charge < -0.3 is 14.1 Å². The standard InChI is InChI=1S/C13H19NO4/c1-4-6-14(8-12(15)17-5-2)13(16)11-7-10(3)18-9-11/h7,9H,4-6,8H2,1-3H3. The number of nitrogens with zero attached hydrogens (tertiary/aromatic N) is 1. The molecule has 0 fully saturated rings. The molecule has 100 valence electrons. The highest BCUT2D eigenvalue weighted by atomic mass is 16.5. The molecule has 0 aliphatic rings. The Hall–Kier alpha value is -1.78. The average Bonchev–Trinajstić information content (AvgIpc) is 2.75. The van der Waals surface area contributed by atoms with Crippen LogP contribution in [-0.2, 0) is 9.53 Å². The van der Waals surface area contributed by atoms with E-state index in [4.69, 9.17) is 9.15 Å². The molecule has 0 saturated heterocycles. The minimum absolute atomic E-state index is 0.0231. The Balaban J connectivity index is 2.71. The van der Waals surface area contributed by atoms with Crippen LogP contribution in [-0.4, -0.2) is 36.5 Å². The molecule has 1 heterocycles. The van der Waals surface area contributed by atoms with Crippen LogP contribution < -0.4 is 0 Å². The summed E-state index contributed by atoms with van der Waals surface area (Å²) in [5, 5.41) is 0. The van der Waals surface area contributed by atoms with E-state index in [1.54, 1.807) is 19.9 Å². The molecule has 0 unspecified atom stereocenters. The third-order valence-corrected chi connectivity index (χ3v) is 2.38. The predicted octanol–water partition coefficient (Wildman–Crippen LogP) is 2.00. The maximum Gasteiger partial charge on any atom is 0.325 e. The van der Waals surface area contributed by atoms with E-state index in [0.717, 1.165) is 6.42 Å². The molecule has 0 atom stereocenters. The molecule has 0 aliphatic heterocycles. The van der Waals surface area contributed by atoms with Crippen molar-refractivity contribution in [2.75, 3.05) is 19.7 Å². The van der Waals surface area contributed by atoms with Crippen molar-refractivity contribution in [2.24, 2.45) is 0 Å². The topological polar surface area (TPSA) is 59.8 Å². The van der Waals surface area contributed by atoms with Crippen LogP contribution in [0.4, 0.5) is 0 Å². The second kappa shape index (κ2) is 6.83. The Morgan fingerprint density at radius 1 is 1.39 bits per heavy atom. The molecule has 0 spiro atoms. The minimum atomic E-state index is -0.389. The van der Waals surface area contributed by atoms with E-state index in [2.05, 4.69) is 0 Å². The molecule has 1 rings (SSSR count). The van der Waals surface area contributed by atoms with Gasteiger partial charge in [-0.2, -0.15) is 0 Å².